The Morgan fingerprint density at radius 1 is 1.28 bits per heavy atom. The summed E-state index contributed by atoms with van der Waals surface area (Å²) in [6.07, 6.45) is 0.875. The normalized spacial score (nSPS) is 10.3. The van der Waals surface area contributed by atoms with Crippen LogP contribution < -0.4 is 11.1 Å². The number of nitrogen functional groups attached to an aromatic ring is 1. The first kappa shape index (κ1) is 12.6. The van der Waals surface area contributed by atoms with Gasteiger partial charge < -0.3 is 11.1 Å². The van der Waals surface area contributed by atoms with E-state index < -0.39 is 0 Å². The van der Waals surface area contributed by atoms with Gasteiger partial charge in [-0.05, 0) is 35.1 Å². The maximum atomic E-state index is 12.0. The third kappa shape index (κ3) is 2.71. The number of anilines is 1. The van der Waals surface area contributed by atoms with Crippen LogP contribution in [-0.4, -0.2) is 5.91 Å². The predicted octanol–water partition coefficient (Wildman–Crippen LogP) is 2.82. The van der Waals surface area contributed by atoms with E-state index in [1.54, 1.807) is 0 Å². The molecule has 3 nitrogen and oxygen atoms in total. The average Bonchev–Trinajstić information content (AvgIpc) is 2.86. The molecule has 2 aromatic rings. The number of rotatable bonds is 4. The van der Waals surface area contributed by atoms with Crippen molar-refractivity contribution in [2.45, 2.75) is 19.9 Å². The van der Waals surface area contributed by atoms with Crippen molar-refractivity contribution in [1.29, 1.82) is 0 Å². The van der Waals surface area contributed by atoms with Crippen molar-refractivity contribution in [3.05, 3.63) is 51.7 Å². The Balaban J connectivity index is 2.03. The number of carbonyl (C=O) groups is 1. The Morgan fingerprint density at radius 2 is 2.06 bits per heavy atom. The van der Waals surface area contributed by atoms with Gasteiger partial charge in [-0.15, -0.1) is 11.3 Å². The summed E-state index contributed by atoms with van der Waals surface area (Å²) in [6, 6.07) is 9.56. The van der Waals surface area contributed by atoms with Crippen LogP contribution in [0.3, 0.4) is 0 Å². The molecule has 0 atom stereocenters. The topological polar surface area (TPSA) is 55.1 Å². The number of hydrogen-bond acceptors (Lipinski definition) is 3. The molecule has 1 aromatic heterocycles. The van der Waals surface area contributed by atoms with E-state index in [1.165, 1.54) is 11.3 Å². The van der Waals surface area contributed by atoms with E-state index in [4.69, 9.17) is 5.73 Å². The molecule has 0 aliphatic rings. The minimum atomic E-state index is -0.0231. The second-order valence-electron chi connectivity index (χ2n) is 4.01. The summed E-state index contributed by atoms with van der Waals surface area (Å²) >= 11 is 1.48. The lowest BCUT2D eigenvalue weighted by molar-refractivity contribution is 0.0954. The van der Waals surface area contributed by atoms with Crippen LogP contribution in [0.1, 0.15) is 27.7 Å². The maximum Gasteiger partial charge on any atom is 0.261 e. The zero-order valence-corrected chi connectivity index (χ0v) is 11.1. The van der Waals surface area contributed by atoms with Gasteiger partial charge in [0.1, 0.15) is 0 Å². The molecule has 0 aliphatic heterocycles. The van der Waals surface area contributed by atoms with Crippen molar-refractivity contribution < 1.29 is 4.79 Å². The monoisotopic (exact) mass is 260 g/mol. The Morgan fingerprint density at radius 3 is 2.78 bits per heavy atom. The molecular formula is C14H16N2OS. The fourth-order valence-corrected chi connectivity index (χ4v) is 2.68. The highest BCUT2D eigenvalue weighted by Gasteiger charge is 2.11. The minimum Gasteiger partial charge on any atom is -0.398 e. The van der Waals surface area contributed by atoms with Crippen LogP contribution >= 0.6 is 11.3 Å². The summed E-state index contributed by atoms with van der Waals surface area (Å²) in [7, 11) is 0. The SMILES string of the molecule is CCc1ccsc1C(=O)NCc1ccccc1N. The first-order valence-corrected chi connectivity index (χ1v) is 6.78. The molecule has 4 heteroatoms. The van der Waals surface area contributed by atoms with Gasteiger partial charge in [0.2, 0.25) is 0 Å². The van der Waals surface area contributed by atoms with Crippen molar-refractivity contribution in [1.82, 2.24) is 5.32 Å². The summed E-state index contributed by atoms with van der Waals surface area (Å²) in [5.41, 5.74) is 8.58. The number of aryl methyl sites for hydroxylation is 1. The number of nitrogens with two attached hydrogens (primary N) is 1. The molecule has 94 valence electrons. The highest BCUT2D eigenvalue weighted by molar-refractivity contribution is 7.12. The van der Waals surface area contributed by atoms with Gasteiger partial charge in [-0.3, -0.25) is 4.79 Å². The second-order valence-corrected chi connectivity index (χ2v) is 4.93. The minimum absolute atomic E-state index is 0.0231. The van der Waals surface area contributed by atoms with Gasteiger partial charge >= 0.3 is 0 Å². The summed E-state index contributed by atoms with van der Waals surface area (Å²) in [5, 5.41) is 4.86. The van der Waals surface area contributed by atoms with E-state index >= 15 is 0 Å². The quantitative estimate of drug-likeness (QED) is 0.831. The molecule has 1 aromatic carbocycles. The van der Waals surface area contributed by atoms with Gasteiger partial charge in [0, 0.05) is 12.2 Å². The van der Waals surface area contributed by atoms with Crippen molar-refractivity contribution in [3.8, 4) is 0 Å². The molecule has 0 saturated heterocycles. The molecule has 1 amide bonds. The smallest absolute Gasteiger partial charge is 0.261 e. The van der Waals surface area contributed by atoms with Crippen LogP contribution in [0.25, 0.3) is 0 Å². The van der Waals surface area contributed by atoms with E-state index in [1.807, 2.05) is 42.6 Å². The highest BCUT2D eigenvalue weighted by Crippen LogP contribution is 2.17. The third-order valence-electron chi connectivity index (χ3n) is 2.83. The number of thiophene rings is 1. The molecule has 18 heavy (non-hydrogen) atoms. The average molecular weight is 260 g/mol. The van der Waals surface area contributed by atoms with Gasteiger partial charge in [-0.25, -0.2) is 0 Å². The molecule has 0 unspecified atom stereocenters. The molecule has 0 spiro atoms. The number of para-hydroxylation sites is 1. The van der Waals surface area contributed by atoms with Crippen LogP contribution in [0, 0.1) is 0 Å². The largest absolute Gasteiger partial charge is 0.398 e. The number of nitrogens with one attached hydrogen (secondary N) is 1. The molecule has 3 N–H and O–H groups in total. The van der Waals surface area contributed by atoms with Crippen LogP contribution in [-0.2, 0) is 13.0 Å². The van der Waals surface area contributed by atoms with E-state index in [0.29, 0.717) is 12.2 Å². The Labute approximate surface area is 111 Å². The summed E-state index contributed by atoms with van der Waals surface area (Å²) < 4.78 is 0. The van der Waals surface area contributed by atoms with Gasteiger partial charge in [0.15, 0.2) is 0 Å². The van der Waals surface area contributed by atoms with Gasteiger partial charge in [-0.1, -0.05) is 25.1 Å². The molecule has 2 rings (SSSR count). The maximum absolute atomic E-state index is 12.0. The highest BCUT2D eigenvalue weighted by atomic mass is 32.1. The zero-order valence-electron chi connectivity index (χ0n) is 10.3. The summed E-state index contributed by atoms with van der Waals surface area (Å²) in [5.74, 6) is -0.0231. The van der Waals surface area contributed by atoms with Gasteiger partial charge in [-0.2, -0.15) is 0 Å². The Kier molecular flexibility index (Phi) is 3.99. The number of hydrogen-bond donors (Lipinski definition) is 2. The number of amides is 1. The fraction of sp³-hybridized carbons (Fsp3) is 0.214. The first-order chi connectivity index (χ1) is 8.72. The van der Waals surface area contributed by atoms with Crippen molar-refractivity contribution in [3.63, 3.8) is 0 Å². The molecule has 0 aliphatic carbocycles. The first-order valence-electron chi connectivity index (χ1n) is 5.90. The van der Waals surface area contributed by atoms with E-state index in [9.17, 15) is 4.79 Å². The molecule has 0 saturated carbocycles. The van der Waals surface area contributed by atoms with Crippen LogP contribution in [0.15, 0.2) is 35.7 Å². The second kappa shape index (κ2) is 5.69. The third-order valence-corrected chi connectivity index (χ3v) is 3.78. The lowest BCUT2D eigenvalue weighted by atomic mass is 10.1. The predicted molar refractivity (Wildman–Crippen MR) is 75.7 cm³/mol. The molecule has 0 radical (unpaired) electrons. The van der Waals surface area contributed by atoms with E-state index in [-0.39, 0.29) is 5.91 Å². The van der Waals surface area contributed by atoms with Crippen molar-refractivity contribution in [2.75, 3.05) is 5.73 Å². The number of benzene rings is 1. The summed E-state index contributed by atoms with van der Waals surface area (Å²) in [4.78, 5) is 12.8. The van der Waals surface area contributed by atoms with Crippen molar-refractivity contribution >= 4 is 22.9 Å². The van der Waals surface area contributed by atoms with Gasteiger partial charge in [0.05, 0.1) is 4.88 Å². The van der Waals surface area contributed by atoms with E-state index in [0.717, 1.165) is 22.4 Å². The Bertz CT molecular complexity index is 548. The summed E-state index contributed by atoms with van der Waals surface area (Å²) in [6.45, 7) is 2.51. The molecule has 1 heterocycles. The standard InChI is InChI=1S/C14H16N2OS/c1-2-10-7-8-18-13(10)14(17)16-9-11-5-3-4-6-12(11)15/h3-8H,2,9,15H2,1H3,(H,16,17). The molecule has 0 fully saturated rings. The van der Waals surface area contributed by atoms with E-state index in [2.05, 4.69) is 5.32 Å². The number of carbonyl (C=O) groups excluding carboxylic acids is 1. The Hall–Kier alpha value is -1.81. The zero-order chi connectivity index (χ0) is 13.0. The van der Waals surface area contributed by atoms with Crippen LogP contribution in [0.4, 0.5) is 5.69 Å². The molecule has 0 bridgehead atoms. The molecular weight excluding hydrogens is 244 g/mol. The lowest BCUT2D eigenvalue weighted by Gasteiger charge is -2.07. The van der Waals surface area contributed by atoms with Crippen molar-refractivity contribution in [2.24, 2.45) is 0 Å². The lowest BCUT2D eigenvalue weighted by Crippen LogP contribution is -2.23. The fourth-order valence-electron chi connectivity index (χ4n) is 1.76. The van der Waals surface area contributed by atoms with Crippen LogP contribution in [0.2, 0.25) is 0 Å². The van der Waals surface area contributed by atoms with Crippen LogP contribution in [0.5, 0.6) is 0 Å². The van der Waals surface area contributed by atoms with Gasteiger partial charge in [0.25, 0.3) is 5.91 Å².